The number of aliphatic carboxylic acids is 1. The van der Waals surface area contributed by atoms with Crippen LogP contribution in [0.4, 0.5) is 0 Å². The van der Waals surface area contributed by atoms with Gasteiger partial charge in [0.25, 0.3) is 0 Å². The molecular weight excluding hydrogens is 224 g/mol. The summed E-state index contributed by atoms with van der Waals surface area (Å²) in [5.74, 6) is 0.193. The number of unbranched alkanes of at least 4 members (excludes halogenated alkanes) is 5. The number of hydrogen-bond donors (Lipinski definition) is 1. The predicted molar refractivity (Wildman–Crippen MR) is 80.0 cm³/mol. The van der Waals surface area contributed by atoms with Crippen molar-refractivity contribution >= 4 is 5.97 Å². The molecule has 0 radical (unpaired) electrons. The van der Waals surface area contributed by atoms with Crippen LogP contribution < -0.4 is 0 Å². The van der Waals surface area contributed by atoms with Crippen molar-refractivity contribution in [1.29, 1.82) is 0 Å². The van der Waals surface area contributed by atoms with Crippen molar-refractivity contribution < 1.29 is 9.90 Å². The molecule has 2 nitrogen and oxygen atoms in total. The largest absolute Gasteiger partial charge is 0.481 e. The van der Waals surface area contributed by atoms with Gasteiger partial charge in [-0.15, -0.1) is 0 Å². The van der Waals surface area contributed by atoms with E-state index in [2.05, 4.69) is 13.8 Å². The van der Waals surface area contributed by atoms with Gasteiger partial charge in [-0.3, -0.25) is 4.79 Å². The van der Waals surface area contributed by atoms with Crippen LogP contribution in [0.1, 0.15) is 91.9 Å². The molecule has 1 N–H and O–H groups in total. The van der Waals surface area contributed by atoms with Gasteiger partial charge in [-0.05, 0) is 12.3 Å². The molecule has 0 aliphatic carbocycles. The second-order valence-electron chi connectivity index (χ2n) is 4.95. The second-order valence-corrected chi connectivity index (χ2v) is 4.95. The minimum atomic E-state index is -0.659. The molecule has 0 aliphatic rings. The van der Waals surface area contributed by atoms with E-state index in [1.165, 1.54) is 44.9 Å². The molecule has 0 rings (SSSR count). The molecule has 1 unspecified atom stereocenters. The molecule has 18 heavy (non-hydrogen) atoms. The summed E-state index contributed by atoms with van der Waals surface area (Å²) in [5.41, 5.74) is 0. The van der Waals surface area contributed by atoms with E-state index in [1.54, 1.807) is 0 Å². The first-order valence-corrected chi connectivity index (χ1v) is 7.88. The lowest BCUT2D eigenvalue weighted by molar-refractivity contribution is -0.137. The number of rotatable bonds is 11. The molecule has 110 valence electrons. The average Bonchev–Trinajstić information content (AvgIpc) is 2.36. The van der Waals surface area contributed by atoms with Crippen molar-refractivity contribution in [3.05, 3.63) is 0 Å². The quantitative estimate of drug-likeness (QED) is 0.486. The fourth-order valence-corrected chi connectivity index (χ4v) is 2.01. The Balaban J connectivity index is 0. The highest BCUT2D eigenvalue weighted by Gasteiger charge is 2.02. The minimum Gasteiger partial charge on any atom is -0.481 e. The van der Waals surface area contributed by atoms with Crippen LogP contribution in [-0.2, 0) is 4.79 Å². The number of carboxylic acids is 1. The third-order valence-electron chi connectivity index (χ3n) is 3.14. The van der Waals surface area contributed by atoms with Crippen LogP contribution in [-0.4, -0.2) is 11.1 Å². The van der Waals surface area contributed by atoms with Crippen molar-refractivity contribution in [2.75, 3.05) is 0 Å². The Bertz CT molecular complexity index is 166. The minimum absolute atomic E-state index is 0.339. The Morgan fingerprint density at radius 2 is 1.44 bits per heavy atom. The lowest BCUT2D eigenvalue weighted by atomic mass is 9.96. The molecule has 0 spiro atoms. The zero-order valence-corrected chi connectivity index (χ0v) is 13.0. The van der Waals surface area contributed by atoms with E-state index < -0.39 is 5.97 Å². The SMILES string of the molecule is CC.CCCCCC(C)CCCCCCC(=O)O. The molecule has 0 aromatic carbocycles. The molecular formula is C16H34O2. The smallest absolute Gasteiger partial charge is 0.303 e. The van der Waals surface area contributed by atoms with Gasteiger partial charge in [0.15, 0.2) is 0 Å². The van der Waals surface area contributed by atoms with Gasteiger partial charge >= 0.3 is 5.97 Å². The van der Waals surface area contributed by atoms with Crippen LogP contribution in [0.15, 0.2) is 0 Å². The first-order chi connectivity index (χ1) is 8.66. The molecule has 0 heterocycles. The molecule has 1 atom stereocenters. The first kappa shape index (κ1) is 19.8. The van der Waals surface area contributed by atoms with Crippen molar-refractivity contribution in [3.63, 3.8) is 0 Å². The highest BCUT2D eigenvalue weighted by atomic mass is 16.4. The van der Waals surface area contributed by atoms with Gasteiger partial charge in [0.1, 0.15) is 0 Å². The summed E-state index contributed by atoms with van der Waals surface area (Å²) in [6.07, 6.45) is 11.5. The Labute approximate surface area is 114 Å². The fraction of sp³-hybridized carbons (Fsp3) is 0.938. The highest BCUT2D eigenvalue weighted by Crippen LogP contribution is 2.17. The van der Waals surface area contributed by atoms with E-state index in [4.69, 9.17) is 5.11 Å². The topological polar surface area (TPSA) is 37.3 Å². The molecule has 2 heteroatoms. The molecule has 0 saturated carbocycles. The zero-order chi connectivity index (χ0) is 14.2. The summed E-state index contributed by atoms with van der Waals surface area (Å²) in [6.45, 7) is 8.58. The fourth-order valence-electron chi connectivity index (χ4n) is 2.01. The molecule has 0 bridgehead atoms. The van der Waals surface area contributed by atoms with Crippen LogP contribution in [0.3, 0.4) is 0 Å². The van der Waals surface area contributed by atoms with E-state index >= 15 is 0 Å². The lowest BCUT2D eigenvalue weighted by Crippen LogP contribution is -1.96. The maximum atomic E-state index is 10.3. The monoisotopic (exact) mass is 258 g/mol. The maximum Gasteiger partial charge on any atom is 0.303 e. The van der Waals surface area contributed by atoms with E-state index in [0.29, 0.717) is 6.42 Å². The summed E-state index contributed by atoms with van der Waals surface area (Å²) < 4.78 is 0. The second kappa shape index (κ2) is 16.5. The molecule has 0 saturated heterocycles. The predicted octanol–water partition coefficient (Wildman–Crippen LogP) is 5.65. The normalized spacial score (nSPS) is 11.6. The third kappa shape index (κ3) is 17.9. The van der Waals surface area contributed by atoms with Crippen molar-refractivity contribution in [3.8, 4) is 0 Å². The van der Waals surface area contributed by atoms with E-state index in [-0.39, 0.29) is 0 Å². The van der Waals surface area contributed by atoms with Crippen LogP contribution in [0, 0.1) is 5.92 Å². The molecule has 0 amide bonds. The Hall–Kier alpha value is -0.530. The number of hydrogen-bond acceptors (Lipinski definition) is 1. The first-order valence-electron chi connectivity index (χ1n) is 7.88. The van der Waals surface area contributed by atoms with Gasteiger partial charge < -0.3 is 5.11 Å². The highest BCUT2D eigenvalue weighted by molar-refractivity contribution is 5.66. The molecule has 0 aromatic heterocycles. The number of carbonyl (C=O) groups is 1. The summed E-state index contributed by atoms with van der Waals surface area (Å²) >= 11 is 0. The van der Waals surface area contributed by atoms with Gasteiger partial charge in [-0.1, -0.05) is 79.1 Å². The van der Waals surface area contributed by atoms with E-state index in [1.807, 2.05) is 13.8 Å². The zero-order valence-electron chi connectivity index (χ0n) is 13.0. The van der Waals surface area contributed by atoms with Gasteiger partial charge in [0.2, 0.25) is 0 Å². The average molecular weight is 258 g/mol. The van der Waals surface area contributed by atoms with E-state index in [0.717, 1.165) is 18.8 Å². The standard InChI is InChI=1S/C14H28O2.C2H6/c1-3-4-7-10-13(2)11-8-5-6-9-12-14(15)16;1-2/h13H,3-12H2,1-2H3,(H,15,16);1-2H3. The van der Waals surface area contributed by atoms with Crippen LogP contribution >= 0.6 is 0 Å². The summed E-state index contributed by atoms with van der Waals surface area (Å²) in [6, 6.07) is 0. The summed E-state index contributed by atoms with van der Waals surface area (Å²) in [5, 5.41) is 8.48. The van der Waals surface area contributed by atoms with Crippen molar-refractivity contribution in [1.82, 2.24) is 0 Å². The molecule has 0 aliphatic heterocycles. The van der Waals surface area contributed by atoms with Gasteiger partial charge in [0, 0.05) is 6.42 Å². The molecule has 0 fully saturated rings. The number of carboxylic acid groups (broad SMARTS) is 1. The van der Waals surface area contributed by atoms with Gasteiger partial charge in [0.05, 0.1) is 0 Å². The Morgan fingerprint density at radius 1 is 0.944 bits per heavy atom. The van der Waals surface area contributed by atoms with Crippen molar-refractivity contribution in [2.45, 2.75) is 91.9 Å². The summed E-state index contributed by atoms with van der Waals surface area (Å²) in [7, 11) is 0. The lowest BCUT2D eigenvalue weighted by Gasteiger charge is -2.10. The van der Waals surface area contributed by atoms with Gasteiger partial charge in [-0.2, -0.15) is 0 Å². The Morgan fingerprint density at radius 3 is 1.94 bits per heavy atom. The van der Waals surface area contributed by atoms with E-state index in [9.17, 15) is 4.79 Å². The molecule has 0 aromatic rings. The van der Waals surface area contributed by atoms with Gasteiger partial charge in [-0.25, -0.2) is 0 Å². The maximum absolute atomic E-state index is 10.3. The van der Waals surface area contributed by atoms with Crippen LogP contribution in [0.2, 0.25) is 0 Å². The van der Waals surface area contributed by atoms with Crippen molar-refractivity contribution in [2.24, 2.45) is 5.92 Å². The van der Waals surface area contributed by atoms with Crippen LogP contribution in [0.5, 0.6) is 0 Å². The summed E-state index contributed by atoms with van der Waals surface area (Å²) in [4.78, 5) is 10.3. The third-order valence-corrected chi connectivity index (χ3v) is 3.14. The Kier molecular flexibility index (Phi) is 18.1. The van der Waals surface area contributed by atoms with Crippen LogP contribution in [0.25, 0.3) is 0 Å².